The fourth-order valence-electron chi connectivity index (χ4n) is 3.24. The first-order chi connectivity index (χ1) is 15.4. The van der Waals surface area contributed by atoms with E-state index in [2.05, 4.69) is 20.7 Å². The molecule has 0 unspecified atom stereocenters. The Morgan fingerprint density at radius 2 is 1.69 bits per heavy atom. The number of fused-ring (bicyclic) bond motifs is 1. The number of Topliss-reactive ketones (excluding diaryl/α,β-unsaturated/α-hetero) is 1. The molecule has 0 aromatic heterocycles. The Hall–Kier alpha value is -3.71. The van der Waals surface area contributed by atoms with Crippen LogP contribution in [-0.2, 0) is 4.74 Å². The number of ether oxygens (including phenoxy) is 3. The number of rotatable bonds is 4. The van der Waals surface area contributed by atoms with Gasteiger partial charge >= 0.3 is 11.9 Å². The standard InChI is InChI=1S/C25H17BrO6/c1-14-20(32-25(29)17-5-3-4-6-19(17)26)12-11-18-22(27)21(31-23(14)18)13-15-7-9-16(10-8-15)24(28)30-2/h3-13H,1-2H3/b21-13-. The van der Waals surface area contributed by atoms with Crippen LogP contribution in [0.2, 0.25) is 0 Å². The molecule has 0 radical (unpaired) electrons. The van der Waals surface area contributed by atoms with E-state index in [1.165, 1.54) is 7.11 Å². The molecule has 7 heteroatoms. The lowest BCUT2D eigenvalue weighted by Crippen LogP contribution is -2.10. The summed E-state index contributed by atoms with van der Waals surface area (Å²) in [5, 5.41) is 0. The van der Waals surface area contributed by atoms with Crippen molar-refractivity contribution in [1.29, 1.82) is 0 Å². The summed E-state index contributed by atoms with van der Waals surface area (Å²) in [6.45, 7) is 1.73. The third kappa shape index (κ3) is 4.07. The highest BCUT2D eigenvalue weighted by Gasteiger charge is 2.30. The van der Waals surface area contributed by atoms with E-state index in [4.69, 9.17) is 9.47 Å². The van der Waals surface area contributed by atoms with Crippen molar-refractivity contribution in [2.45, 2.75) is 6.92 Å². The van der Waals surface area contributed by atoms with Crippen molar-refractivity contribution < 1.29 is 28.6 Å². The van der Waals surface area contributed by atoms with E-state index in [1.54, 1.807) is 73.7 Å². The summed E-state index contributed by atoms with van der Waals surface area (Å²) >= 11 is 3.34. The van der Waals surface area contributed by atoms with Crippen molar-refractivity contribution in [3.8, 4) is 11.5 Å². The SMILES string of the molecule is COC(=O)c1ccc(/C=C2\Oc3c(ccc(OC(=O)c4ccccc4Br)c3C)C2=O)cc1. The fraction of sp³-hybridized carbons (Fsp3) is 0.0800. The number of esters is 2. The van der Waals surface area contributed by atoms with Crippen LogP contribution in [0.4, 0.5) is 0 Å². The second-order valence-electron chi connectivity index (χ2n) is 6.99. The van der Waals surface area contributed by atoms with Gasteiger partial charge in [-0.25, -0.2) is 9.59 Å². The van der Waals surface area contributed by atoms with E-state index < -0.39 is 11.9 Å². The van der Waals surface area contributed by atoms with E-state index in [1.807, 2.05) is 0 Å². The molecule has 0 N–H and O–H groups in total. The van der Waals surface area contributed by atoms with Crippen molar-refractivity contribution in [2.75, 3.05) is 7.11 Å². The maximum Gasteiger partial charge on any atom is 0.344 e. The van der Waals surface area contributed by atoms with Crippen LogP contribution in [0, 0.1) is 6.92 Å². The van der Waals surface area contributed by atoms with Crippen LogP contribution in [0.15, 0.2) is 70.9 Å². The fourth-order valence-corrected chi connectivity index (χ4v) is 3.69. The molecule has 3 aromatic carbocycles. The largest absolute Gasteiger partial charge is 0.465 e. The predicted octanol–water partition coefficient (Wildman–Crippen LogP) is 5.38. The summed E-state index contributed by atoms with van der Waals surface area (Å²) in [4.78, 5) is 36.9. The molecule has 0 spiro atoms. The maximum atomic E-state index is 12.8. The molecular weight excluding hydrogens is 476 g/mol. The van der Waals surface area contributed by atoms with Gasteiger partial charge in [0, 0.05) is 10.0 Å². The van der Waals surface area contributed by atoms with E-state index in [9.17, 15) is 14.4 Å². The molecule has 0 atom stereocenters. The third-order valence-electron chi connectivity index (χ3n) is 4.96. The molecule has 0 saturated carbocycles. The zero-order valence-corrected chi connectivity index (χ0v) is 18.8. The van der Waals surface area contributed by atoms with Crippen LogP contribution >= 0.6 is 15.9 Å². The summed E-state index contributed by atoms with van der Waals surface area (Å²) in [5.41, 5.74) is 2.41. The number of carbonyl (C=O) groups is 3. The Morgan fingerprint density at radius 3 is 2.38 bits per heavy atom. The van der Waals surface area contributed by atoms with Crippen molar-refractivity contribution in [3.63, 3.8) is 0 Å². The Kier molecular flexibility index (Phi) is 5.92. The Balaban J connectivity index is 1.58. The second-order valence-corrected chi connectivity index (χ2v) is 7.84. The minimum Gasteiger partial charge on any atom is -0.465 e. The van der Waals surface area contributed by atoms with Gasteiger partial charge in [-0.1, -0.05) is 24.3 Å². The van der Waals surface area contributed by atoms with Crippen LogP contribution < -0.4 is 9.47 Å². The van der Waals surface area contributed by atoms with Gasteiger partial charge in [0.25, 0.3) is 0 Å². The lowest BCUT2D eigenvalue weighted by atomic mass is 10.1. The summed E-state index contributed by atoms with van der Waals surface area (Å²) < 4.78 is 16.7. The minimum absolute atomic E-state index is 0.142. The molecule has 0 amide bonds. The second kappa shape index (κ2) is 8.80. The number of ketones is 1. The highest BCUT2D eigenvalue weighted by atomic mass is 79.9. The summed E-state index contributed by atoms with van der Waals surface area (Å²) in [5.74, 6) is -0.436. The van der Waals surface area contributed by atoms with E-state index in [0.29, 0.717) is 43.8 Å². The summed E-state index contributed by atoms with van der Waals surface area (Å²) in [6, 6.07) is 16.7. The van der Waals surface area contributed by atoms with Gasteiger partial charge in [0.2, 0.25) is 5.78 Å². The van der Waals surface area contributed by atoms with Crippen LogP contribution in [0.3, 0.4) is 0 Å². The quantitative estimate of drug-likeness (QED) is 0.276. The van der Waals surface area contributed by atoms with Gasteiger partial charge in [-0.15, -0.1) is 0 Å². The molecule has 1 aliphatic heterocycles. The van der Waals surface area contributed by atoms with Gasteiger partial charge < -0.3 is 14.2 Å². The summed E-state index contributed by atoms with van der Waals surface area (Å²) in [7, 11) is 1.31. The van der Waals surface area contributed by atoms with Crippen LogP contribution in [0.5, 0.6) is 11.5 Å². The molecule has 0 fully saturated rings. The molecule has 6 nitrogen and oxygen atoms in total. The molecule has 4 rings (SSSR count). The number of hydrogen-bond acceptors (Lipinski definition) is 6. The number of hydrogen-bond donors (Lipinski definition) is 0. The third-order valence-corrected chi connectivity index (χ3v) is 5.65. The van der Waals surface area contributed by atoms with Gasteiger partial charge in [-0.05, 0) is 70.9 Å². The lowest BCUT2D eigenvalue weighted by Gasteiger charge is -2.10. The van der Waals surface area contributed by atoms with E-state index >= 15 is 0 Å². The van der Waals surface area contributed by atoms with Crippen LogP contribution in [-0.4, -0.2) is 24.8 Å². The molecule has 32 heavy (non-hydrogen) atoms. The molecule has 0 saturated heterocycles. The number of benzene rings is 3. The zero-order chi connectivity index (χ0) is 22.8. The van der Waals surface area contributed by atoms with Gasteiger partial charge in [-0.2, -0.15) is 0 Å². The van der Waals surface area contributed by atoms with Gasteiger partial charge in [-0.3, -0.25) is 4.79 Å². The van der Waals surface area contributed by atoms with Crippen LogP contribution in [0.1, 0.15) is 42.2 Å². The van der Waals surface area contributed by atoms with Gasteiger partial charge in [0.15, 0.2) is 5.76 Å². The summed E-state index contributed by atoms with van der Waals surface area (Å²) in [6.07, 6.45) is 1.59. The smallest absolute Gasteiger partial charge is 0.344 e. The van der Waals surface area contributed by atoms with Crippen LogP contribution in [0.25, 0.3) is 6.08 Å². The topological polar surface area (TPSA) is 78.9 Å². The first kappa shape index (κ1) is 21.5. The molecule has 160 valence electrons. The van der Waals surface area contributed by atoms with Gasteiger partial charge in [0.05, 0.1) is 23.8 Å². The molecule has 3 aromatic rings. The first-order valence-electron chi connectivity index (χ1n) is 9.62. The highest BCUT2D eigenvalue weighted by molar-refractivity contribution is 9.10. The molecule has 1 aliphatic rings. The highest BCUT2D eigenvalue weighted by Crippen LogP contribution is 2.39. The number of carbonyl (C=O) groups excluding carboxylic acids is 3. The van der Waals surface area contributed by atoms with Crippen molar-refractivity contribution >= 4 is 39.7 Å². The monoisotopic (exact) mass is 492 g/mol. The Bertz CT molecular complexity index is 1270. The average molecular weight is 493 g/mol. The number of halogens is 1. The molecule has 0 bridgehead atoms. The van der Waals surface area contributed by atoms with Crippen molar-refractivity contribution in [3.05, 3.63) is 98.7 Å². The minimum atomic E-state index is -0.522. The van der Waals surface area contributed by atoms with E-state index in [0.717, 1.165) is 0 Å². The maximum absolute atomic E-state index is 12.8. The first-order valence-corrected chi connectivity index (χ1v) is 10.4. The number of methoxy groups -OCH3 is 1. The lowest BCUT2D eigenvalue weighted by molar-refractivity contribution is 0.0600. The predicted molar refractivity (Wildman–Crippen MR) is 121 cm³/mol. The zero-order valence-electron chi connectivity index (χ0n) is 17.2. The molecule has 1 heterocycles. The normalized spacial score (nSPS) is 13.5. The van der Waals surface area contributed by atoms with Crippen molar-refractivity contribution in [1.82, 2.24) is 0 Å². The Morgan fingerprint density at radius 1 is 0.969 bits per heavy atom. The number of allylic oxidation sites excluding steroid dienone is 1. The Labute approximate surface area is 192 Å². The van der Waals surface area contributed by atoms with Gasteiger partial charge in [0.1, 0.15) is 11.5 Å². The molecule has 0 aliphatic carbocycles. The van der Waals surface area contributed by atoms with Crippen molar-refractivity contribution in [2.24, 2.45) is 0 Å². The molecular formula is C25H17BrO6. The average Bonchev–Trinajstić information content (AvgIpc) is 3.12. The van der Waals surface area contributed by atoms with E-state index in [-0.39, 0.29) is 11.5 Å².